The van der Waals surface area contributed by atoms with Gasteiger partial charge in [-0.1, -0.05) is 30.3 Å². The Bertz CT molecular complexity index is 302. The summed E-state index contributed by atoms with van der Waals surface area (Å²) in [7, 11) is 0. The van der Waals surface area contributed by atoms with Crippen LogP contribution in [0.15, 0.2) is 30.3 Å². The molecule has 0 heterocycles. The van der Waals surface area contributed by atoms with Crippen LogP contribution in [0, 0.1) is 0 Å². The minimum Gasteiger partial charge on any atom is -0.396 e. The Balaban J connectivity index is 2.45. The third-order valence-electron chi connectivity index (χ3n) is 3.02. The highest BCUT2D eigenvalue weighted by Crippen LogP contribution is 2.12. The minimum absolute atomic E-state index is 0.0587. The van der Waals surface area contributed by atoms with Crippen molar-refractivity contribution in [1.82, 2.24) is 5.32 Å². The van der Waals surface area contributed by atoms with Crippen LogP contribution in [0.2, 0.25) is 0 Å². The number of hydrogen-bond acceptors (Lipinski definition) is 3. The summed E-state index contributed by atoms with van der Waals surface area (Å²) in [6, 6.07) is 10.4. The number of aliphatic hydroxyl groups is 1. The Morgan fingerprint density at radius 1 is 1.24 bits per heavy atom. The lowest BCUT2D eigenvalue weighted by Crippen LogP contribution is -2.50. The fourth-order valence-electron chi connectivity index (χ4n) is 1.88. The molecule has 0 saturated carbocycles. The van der Waals surface area contributed by atoms with E-state index in [0.29, 0.717) is 6.54 Å². The second kappa shape index (κ2) is 7.43. The van der Waals surface area contributed by atoms with E-state index in [9.17, 15) is 0 Å². The van der Waals surface area contributed by atoms with Gasteiger partial charge in [-0.2, -0.15) is 0 Å². The lowest BCUT2D eigenvalue weighted by atomic mass is 9.92. The number of unbranched alkanes of at least 4 members (excludes halogenated alkanes) is 1. The first-order valence-corrected chi connectivity index (χ1v) is 6.30. The average molecular weight is 236 g/mol. The molecule has 1 aromatic rings. The Morgan fingerprint density at radius 3 is 2.53 bits per heavy atom. The molecule has 1 unspecified atom stereocenters. The molecule has 3 heteroatoms. The molecule has 0 aliphatic carbocycles. The normalized spacial score (nSPS) is 14.5. The van der Waals surface area contributed by atoms with Crippen molar-refractivity contribution in [2.75, 3.05) is 19.7 Å². The molecule has 0 fully saturated rings. The van der Waals surface area contributed by atoms with Crippen molar-refractivity contribution in [3.63, 3.8) is 0 Å². The van der Waals surface area contributed by atoms with Gasteiger partial charge in [-0.3, -0.25) is 0 Å². The fourth-order valence-corrected chi connectivity index (χ4v) is 1.88. The molecule has 17 heavy (non-hydrogen) atoms. The van der Waals surface area contributed by atoms with Gasteiger partial charge in [0.25, 0.3) is 0 Å². The number of rotatable bonds is 8. The molecule has 0 aromatic heterocycles. The number of aliphatic hydroxyl groups excluding tert-OH is 1. The molecule has 3 nitrogen and oxygen atoms in total. The largest absolute Gasteiger partial charge is 0.396 e. The van der Waals surface area contributed by atoms with Crippen LogP contribution in [0.4, 0.5) is 0 Å². The zero-order chi connectivity index (χ0) is 12.6. The van der Waals surface area contributed by atoms with Gasteiger partial charge >= 0.3 is 0 Å². The van der Waals surface area contributed by atoms with Gasteiger partial charge in [0.15, 0.2) is 0 Å². The third-order valence-corrected chi connectivity index (χ3v) is 3.02. The maximum absolute atomic E-state index is 8.74. The van der Waals surface area contributed by atoms with Crippen LogP contribution in [0.25, 0.3) is 0 Å². The van der Waals surface area contributed by atoms with E-state index in [0.717, 1.165) is 25.8 Å². The lowest BCUT2D eigenvalue weighted by Gasteiger charge is -2.30. The summed E-state index contributed by atoms with van der Waals surface area (Å²) in [5.41, 5.74) is 7.10. The molecule has 0 radical (unpaired) electrons. The maximum Gasteiger partial charge on any atom is 0.0431 e. The molecule has 4 N–H and O–H groups in total. The van der Waals surface area contributed by atoms with Gasteiger partial charge in [0, 0.05) is 18.7 Å². The van der Waals surface area contributed by atoms with Gasteiger partial charge in [0.05, 0.1) is 0 Å². The van der Waals surface area contributed by atoms with Crippen molar-refractivity contribution in [3.8, 4) is 0 Å². The summed E-state index contributed by atoms with van der Waals surface area (Å²) in [6.45, 7) is 3.93. The first-order chi connectivity index (χ1) is 8.20. The van der Waals surface area contributed by atoms with Crippen LogP contribution in [0.5, 0.6) is 0 Å². The Kier molecular flexibility index (Phi) is 6.19. The van der Waals surface area contributed by atoms with Crippen LogP contribution >= 0.6 is 0 Å². The number of hydrogen-bond donors (Lipinski definition) is 3. The zero-order valence-electron chi connectivity index (χ0n) is 10.7. The van der Waals surface area contributed by atoms with Gasteiger partial charge in [0.1, 0.15) is 0 Å². The standard InChI is InChI=1S/C14H24N2O/c1-14(12-15,16-9-5-6-10-17)11-13-7-3-2-4-8-13/h2-4,7-8,16-17H,5-6,9-12,15H2,1H3. The molecule has 0 bridgehead atoms. The van der Waals surface area contributed by atoms with Gasteiger partial charge in [-0.05, 0) is 38.3 Å². The van der Waals surface area contributed by atoms with E-state index < -0.39 is 0 Å². The van der Waals surface area contributed by atoms with Crippen molar-refractivity contribution in [3.05, 3.63) is 35.9 Å². The molecular formula is C14H24N2O. The van der Waals surface area contributed by atoms with E-state index in [1.54, 1.807) is 0 Å². The molecule has 1 rings (SSSR count). The predicted molar refractivity (Wildman–Crippen MR) is 71.9 cm³/mol. The molecule has 0 aliphatic rings. The van der Waals surface area contributed by atoms with E-state index in [4.69, 9.17) is 10.8 Å². The Labute approximate surface area is 104 Å². The molecule has 1 aromatic carbocycles. The van der Waals surface area contributed by atoms with Crippen LogP contribution in [-0.4, -0.2) is 30.3 Å². The predicted octanol–water partition coefficient (Wildman–Crippen LogP) is 1.31. The first kappa shape index (κ1) is 14.2. The Morgan fingerprint density at radius 2 is 1.94 bits per heavy atom. The van der Waals surface area contributed by atoms with E-state index in [1.165, 1.54) is 5.56 Å². The number of nitrogens with one attached hydrogen (secondary N) is 1. The molecule has 96 valence electrons. The van der Waals surface area contributed by atoms with Gasteiger partial charge < -0.3 is 16.2 Å². The summed E-state index contributed by atoms with van der Waals surface area (Å²) in [4.78, 5) is 0. The SMILES string of the molecule is CC(CN)(Cc1ccccc1)NCCCCO. The number of benzene rings is 1. The highest BCUT2D eigenvalue weighted by molar-refractivity contribution is 5.17. The van der Waals surface area contributed by atoms with Crippen molar-refractivity contribution in [2.45, 2.75) is 31.7 Å². The van der Waals surface area contributed by atoms with Crippen LogP contribution in [0.1, 0.15) is 25.3 Å². The topological polar surface area (TPSA) is 58.3 Å². The van der Waals surface area contributed by atoms with Crippen molar-refractivity contribution in [1.29, 1.82) is 0 Å². The summed E-state index contributed by atoms with van der Waals surface area (Å²) < 4.78 is 0. The summed E-state index contributed by atoms with van der Waals surface area (Å²) in [5.74, 6) is 0. The molecule has 0 saturated heterocycles. The van der Waals surface area contributed by atoms with Crippen LogP contribution < -0.4 is 11.1 Å². The van der Waals surface area contributed by atoms with Gasteiger partial charge in [0.2, 0.25) is 0 Å². The number of nitrogens with two attached hydrogens (primary N) is 1. The quantitative estimate of drug-likeness (QED) is 0.596. The Hall–Kier alpha value is -0.900. The third kappa shape index (κ3) is 5.31. The van der Waals surface area contributed by atoms with Gasteiger partial charge in [-0.25, -0.2) is 0 Å². The molecule has 0 spiro atoms. The van der Waals surface area contributed by atoms with Crippen LogP contribution in [0.3, 0.4) is 0 Å². The summed E-state index contributed by atoms with van der Waals surface area (Å²) in [6.07, 6.45) is 2.77. The maximum atomic E-state index is 8.74. The highest BCUT2D eigenvalue weighted by Gasteiger charge is 2.21. The molecule has 0 aliphatic heterocycles. The van der Waals surface area contributed by atoms with Crippen molar-refractivity contribution >= 4 is 0 Å². The average Bonchev–Trinajstić information content (AvgIpc) is 2.36. The summed E-state index contributed by atoms with van der Waals surface area (Å²) in [5, 5.41) is 12.2. The smallest absolute Gasteiger partial charge is 0.0431 e. The van der Waals surface area contributed by atoms with E-state index in [-0.39, 0.29) is 12.1 Å². The lowest BCUT2D eigenvalue weighted by molar-refractivity contribution is 0.277. The molecule has 1 atom stereocenters. The van der Waals surface area contributed by atoms with E-state index in [1.807, 2.05) is 6.07 Å². The first-order valence-electron chi connectivity index (χ1n) is 6.30. The second-order valence-corrected chi connectivity index (χ2v) is 4.78. The zero-order valence-corrected chi connectivity index (χ0v) is 10.7. The second-order valence-electron chi connectivity index (χ2n) is 4.78. The van der Waals surface area contributed by atoms with E-state index in [2.05, 4.69) is 36.5 Å². The highest BCUT2D eigenvalue weighted by atomic mass is 16.2. The summed E-state index contributed by atoms with van der Waals surface area (Å²) >= 11 is 0. The molecular weight excluding hydrogens is 212 g/mol. The van der Waals surface area contributed by atoms with Crippen molar-refractivity contribution in [2.24, 2.45) is 5.73 Å². The van der Waals surface area contributed by atoms with Crippen molar-refractivity contribution < 1.29 is 5.11 Å². The molecule has 0 amide bonds. The van der Waals surface area contributed by atoms with E-state index >= 15 is 0 Å². The van der Waals surface area contributed by atoms with Crippen LogP contribution in [-0.2, 0) is 6.42 Å². The van der Waals surface area contributed by atoms with Gasteiger partial charge in [-0.15, -0.1) is 0 Å². The minimum atomic E-state index is -0.0587. The monoisotopic (exact) mass is 236 g/mol. The fraction of sp³-hybridized carbons (Fsp3) is 0.571.